The van der Waals surface area contributed by atoms with E-state index in [-0.39, 0.29) is 24.5 Å². The standard InChI is InChI=1S/C15H25FN2O2/c1-10(2)18(6-5-7-19)14-9-15(20-11(3)4)12(16)8-13(14)17/h8-11,19H,5-7,17H2,1-4H3. The second kappa shape index (κ2) is 7.33. The molecule has 0 aromatic heterocycles. The summed E-state index contributed by atoms with van der Waals surface area (Å²) in [6.45, 7) is 8.53. The van der Waals surface area contributed by atoms with Crippen LogP contribution in [0.5, 0.6) is 5.75 Å². The molecule has 0 amide bonds. The topological polar surface area (TPSA) is 58.7 Å². The van der Waals surface area contributed by atoms with Gasteiger partial charge in [0.1, 0.15) is 0 Å². The number of aliphatic hydroxyl groups excluding tert-OH is 1. The summed E-state index contributed by atoms with van der Waals surface area (Å²) in [5.74, 6) is -0.246. The number of benzene rings is 1. The van der Waals surface area contributed by atoms with E-state index in [1.807, 2.05) is 32.6 Å². The Morgan fingerprint density at radius 3 is 2.45 bits per heavy atom. The van der Waals surface area contributed by atoms with Crippen LogP contribution in [0.15, 0.2) is 12.1 Å². The zero-order chi connectivity index (χ0) is 15.3. The minimum Gasteiger partial charge on any atom is -0.488 e. The van der Waals surface area contributed by atoms with Gasteiger partial charge in [-0.3, -0.25) is 0 Å². The Morgan fingerprint density at radius 2 is 1.95 bits per heavy atom. The molecule has 0 saturated carbocycles. The predicted molar refractivity (Wildman–Crippen MR) is 80.8 cm³/mol. The number of nitrogens with zero attached hydrogens (tertiary/aromatic N) is 1. The van der Waals surface area contributed by atoms with E-state index in [0.717, 1.165) is 5.69 Å². The van der Waals surface area contributed by atoms with Crippen LogP contribution >= 0.6 is 0 Å². The number of ether oxygens (including phenoxy) is 1. The van der Waals surface area contributed by atoms with Gasteiger partial charge in [-0.2, -0.15) is 0 Å². The highest BCUT2D eigenvalue weighted by molar-refractivity contribution is 5.70. The van der Waals surface area contributed by atoms with Gasteiger partial charge in [-0.25, -0.2) is 4.39 Å². The number of nitrogen functional groups attached to an aromatic ring is 1. The van der Waals surface area contributed by atoms with Crippen LogP contribution in [0.3, 0.4) is 0 Å². The Balaban J connectivity index is 3.13. The molecule has 0 bridgehead atoms. The fourth-order valence-corrected chi connectivity index (χ4v) is 2.05. The van der Waals surface area contributed by atoms with E-state index in [2.05, 4.69) is 0 Å². The summed E-state index contributed by atoms with van der Waals surface area (Å²) >= 11 is 0. The van der Waals surface area contributed by atoms with Crippen molar-refractivity contribution in [1.82, 2.24) is 0 Å². The molecule has 0 aliphatic rings. The summed E-state index contributed by atoms with van der Waals surface area (Å²) in [6.07, 6.45) is 0.529. The average molecular weight is 284 g/mol. The van der Waals surface area contributed by atoms with Gasteiger partial charge in [0.2, 0.25) is 0 Å². The van der Waals surface area contributed by atoms with Crippen molar-refractivity contribution >= 4 is 11.4 Å². The van der Waals surface area contributed by atoms with Crippen molar-refractivity contribution in [3.05, 3.63) is 17.9 Å². The molecule has 0 spiro atoms. The first-order chi connectivity index (χ1) is 9.36. The molecule has 0 aliphatic carbocycles. The zero-order valence-corrected chi connectivity index (χ0v) is 12.7. The fraction of sp³-hybridized carbons (Fsp3) is 0.600. The lowest BCUT2D eigenvalue weighted by molar-refractivity contribution is 0.231. The first-order valence-electron chi connectivity index (χ1n) is 7.00. The van der Waals surface area contributed by atoms with E-state index in [1.54, 1.807) is 6.07 Å². The monoisotopic (exact) mass is 284 g/mol. The van der Waals surface area contributed by atoms with E-state index in [9.17, 15) is 4.39 Å². The first kappa shape index (κ1) is 16.6. The Hall–Kier alpha value is -1.49. The van der Waals surface area contributed by atoms with Gasteiger partial charge in [-0.15, -0.1) is 0 Å². The van der Waals surface area contributed by atoms with Gasteiger partial charge >= 0.3 is 0 Å². The van der Waals surface area contributed by atoms with Crippen LogP contribution in [0.25, 0.3) is 0 Å². The van der Waals surface area contributed by atoms with Crippen molar-refractivity contribution in [1.29, 1.82) is 0 Å². The van der Waals surface area contributed by atoms with Crippen molar-refractivity contribution in [2.24, 2.45) is 0 Å². The number of halogens is 1. The van der Waals surface area contributed by atoms with Gasteiger partial charge in [0.05, 0.1) is 17.5 Å². The van der Waals surface area contributed by atoms with Crippen LogP contribution < -0.4 is 15.4 Å². The maximum absolute atomic E-state index is 13.8. The summed E-state index contributed by atoms with van der Waals surface area (Å²) in [5.41, 5.74) is 7.05. The SMILES string of the molecule is CC(C)Oc1cc(N(CCCO)C(C)C)c(N)cc1F. The van der Waals surface area contributed by atoms with E-state index in [0.29, 0.717) is 18.7 Å². The number of rotatable bonds is 7. The molecule has 20 heavy (non-hydrogen) atoms. The average Bonchev–Trinajstić information content (AvgIpc) is 2.33. The highest BCUT2D eigenvalue weighted by Gasteiger charge is 2.17. The normalized spacial score (nSPS) is 11.2. The molecule has 4 nitrogen and oxygen atoms in total. The molecule has 5 heteroatoms. The van der Waals surface area contributed by atoms with E-state index in [4.69, 9.17) is 15.6 Å². The quantitative estimate of drug-likeness (QED) is 0.756. The molecule has 0 saturated heterocycles. The molecule has 0 radical (unpaired) electrons. The Kier molecular flexibility index (Phi) is 6.07. The van der Waals surface area contributed by atoms with Crippen molar-refractivity contribution in [3.63, 3.8) is 0 Å². The predicted octanol–water partition coefficient (Wildman–Crippen LogP) is 2.79. The van der Waals surface area contributed by atoms with E-state index < -0.39 is 5.82 Å². The van der Waals surface area contributed by atoms with Crippen molar-refractivity contribution in [3.8, 4) is 5.75 Å². The van der Waals surface area contributed by atoms with Gasteiger partial charge in [0, 0.05) is 31.3 Å². The molecule has 0 heterocycles. The molecular weight excluding hydrogens is 259 g/mol. The Labute approximate surface area is 120 Å². The van der Waals surface area contributed by atoms with E-state index in [1.165, 1.54) is 6.07 Å². The van der Waals surface area contributed by atoms with Crippen LogP contribution in [0.1, 0.15) is 34.1 Å². The van der Waals surface area contributed by atoms with Crippen LogP contribution in [0.4, 0.5) is 15.8 Å². The maximum Gasteiger partial charge on any atom is 0.167 e. The minimum absolute atomic E-state index is 0.106. The number of hydrogen-bond acceptors (Lipinski definition) is 4. The fourth-order valence-electron chi connectivity index (χ4n) is 2.05. The summed E-state index contributed by atoms with van der Waals surface area (Å²) in [7, 11) is 0. The molecule has 1 aromatic rings. The largest absolute Gasteiger partial charge is 0.488 e. The van der Waals surface area contributed by atoms with Crippen LogP contribution in [0.2, 0.25) is 0 Å². The van der Waals surface area contributed by atoms with Crippen LogP contribution in [-0.4, -0.2) is 30.4 Å². The molecule has 1 rings (SSSR count). The number of aliphatic hydroxyl groups is 1. The summed E-state index contributed by atoms with van der Waals surface area (Å²) in [4.78, 5) is 2.04. The van der Waals surface area contributed by atoms with Gasteiger partial charge in [0.25, 0.3) is 0 Å². The lowest BCUT2D eigenvalue weighted by atomic mass is 10.1. The molecule has 114 valence electrons. The van der Waals surface area contributed by atoms with Crippen molar-refractivity contribution < 1.29 is 14.2 Å². The summed E-state index contributed by atoms with van der Waals surface area (Å²) in [6, 6.07) is 3.13. The second-order valence-corrected chi connectivity index (χ2v) is 5.37. The lowest BCUT2D eigenvalue weighted by Gasteiger charge is -2.30. The Morgan fingerprint density at radius 1 is 1.30 bits per heavy atom. The van der Waals surface area contributed by atoms with Gasteiger partial charge in [-0.1, -0.05) is 0 Å². The maximum atomic E-state index is 13.8. The minimum atomic E-state index is -0.453. The van der Waals surface area contributed by atoms with Gasteiger partial charge in [-0.05, 0) is 34.1 Å². The molecule has 0 unspecified atom stereocenters. The second-order valence-electron chi connectivity index (χ2n) is 5.37. The molecule has 0 fully saturated rings. The van der Waals surface area contributed by atoms with E-state index >= 15 is 0 Å². The third-order valence-electron chi connectivity index (χ3n) is 2.93. The van der Waals surface area contributed by atoms with Crippen LogP contribution in [0, 0.1) is 5.82 Å². The van der Waals surface area contributed by atoms with Crippen LogP contribution in [-0.2, 0) is 0 Å². The third kappa shape index (κ3) is 4.27. The van der Waals surface area contributed by atoms with Gasteiger partial charge < -0.3 is 20.5 Å². The Bertz CT molecular complexity index is 436. The number of hydrogen-bond donors (Lipinski definition) is 2. The van der Waals surface area contributed by atoms with Gasteiger partial charge in [0.15, 0.2) is 11.6 Å². The highest BCUT2D eigenvalue weighted by atomic mass is 19.1. The molecule has 3 N–H and O–H groups in total. The molecule has 0 atom stereocenters. The number of anilines is 2. The molecule has 1 aromatic carbocycles. The summed E-state index contributed by atoms with van der Waals surface area (Å²) < 4.78 is 19.3. The number of nitrogens with two attached hydrogens (primary N) is 1. The summed E-state index contributed by atoms with van der Waals surface area (Å²) in [5, 5.41) is 8.99. The highest BCUT2D eigenvalue weighted by Crippen LogP contribution is 2.32. The first-order valence-corrected chi connectivity index (χ1v) is 7.00. The molecule has 0 aliphatic heterocycles. The zero-order valence-electron chi connectivity index (χ0n) is 12.7. The third-order valence-corrected chi connectivity index (χ3v) is 2.93. The van der Waals surface area contributed by atoms with Crippen molar-refractivity contribution in [2.45, 2.75) is 46.3 Å². The molecular formula is C15H25FN2O2. The smallest absolute Gasteiger partial charge is 0.167 e. The van der Waals surface area contributed by atoms with Crippen molar-refractivity contribution in [2.75, 3.05) is 23.8 Å². The lowest BCUT2D eigenvalue weighted by Crippen LogP contribution is -2.33.